The summed E-state index contributed by atoms with van der Waals surface area (Å²) in [5.41, 5.74) is 0. The highest BCUT2D eigenvalue weighted by atomic mass is 35.5. The van der Waals surface area contributed by atoms with E-state index in [0.717, 1.165) is 28.3 Å². The molecule has 2 aromatic heterocycles. The van der Waals surface area contributed by atoms with Gasteiger partial charge in [-0.15, -0.1) is 11.3 Å². The highest BCUT2D eigenvalue weighted by molar-refractivity contribution is 7.16. The SMILES string of the molecule is O=C(Cc1ccc(Cl)s1)N1CCN(c2ncccn2)CC1. The summed E-state index contributed by atoms with van der Waals surface area (Å²) < 4.78 is 0.726. The van der Waals surface area contributed by atoms with Gasteiger partial charge in [0.05, 0.1) is 10.8 Å². The monoisotopic (exact) mass is 322 g/mol. The molecule has 21 heavy (non-hydrogen) atoms. The molecular weight excluding hydrogens is 308 g/mol. The number of rotatable bonds is 3. The molecule has 1 aliphatic heterocycles. The molecule has 0 aliphatic carbocycles. The third-order valence-corrected chi connectivity index (χ3v) is 4.65. The molecule has 1 amide bonds. The van der Waals surface area contributed by atoms with Crippen molar-refractivity contribution in [2.45, 2.75) is 6.42 Å². The molecule has 3 rings (SSSR count). The summed E-state index contributed by atoms with van der Waals surface area (Å²) in [7, 11) is 0. The first kappa shape index (κ1) is 14.3. The number of nitrogens with zero attached hydrogens (tertiary/aromatic N) is 4. The molecule has 0 atom stereocenters. The van der Waals surface area contributed by atoms with Crippen LogP contribution in [0.4, 0.5) is 5.95 Å². The molecule has 3 heterocycles. The number of thiophene rings is 1. The summed E-state index contributed by atoms with van der Waals surface area (Å²) in [6.45, 7) is 2.94. The van der Waals surface area contributed by atoms with Crippen molar-refractivity contribution in [3.8, 4) is 0 Å². The lowest BCUT2D eigenvalue weighted by atomic mass is 10.2. The van der Waals surface area contributed by atoms with E-state index < -0.39 is 0 Å². The second-order valence-corrected chi connectivity index (χ2v) is 6.60. The van der Waals surface area contributed by atoms with Gasteiger partial charge in [0.25, 0.3) is 0 Å². The quantitative estimate of drug-likeness (QED) is 0.868. The van der Waals surface area contributed by atoms with Crippen molar-refractivity contribution in [2.75, 3.05) is 31.1 Å². The molecule has 1 aliphatic rings. The summed E-state index contributed by atoms with van der Waals surface area (Å²) in [6.07, 6.45) is 3.90. The lowest BCUT2D eigenvalue weighted by Crippen LogP contribution is -2.49. The number of hydrogen-bond donors (Lipinski definition) is 0. The molecule has 0 bridgehead atoms. The van der Waals surface area contributed by atoms with E-state index in [1.807, 2.05) is 17.0 Å². The predicted molar refractivity (Wildman–Crippen MR) is 83.9 cm³/mol. The first-order chi connectivity index (χ1) is 10.2. The maximum atomic E-state index is 12.3. The third kappa shape index (κ3) is 3.51. The second-order valence-electron chi connectivity index (χ2n) is 4.80. The fourth-order valence-electron chi connectivity index (χ4n) is 2.32. The number of aromatic nitrogens is 2. The normalized spacial score (nSPS) is 15.3. The summed E-state index contributed by atoms with van der Waals surface area (Å²) in [6, 6.07) is 5.55. The zero-order valence-electron chi connectivity index (χ0n) is 11.4. The number of piperazine rings is 1. The molecule has 1 fully saturated rings. The first-order valence-electron chi connectivity index (χ1n) is 6.76. The van der Waals surface area contributed by atoms with Gasteiger partial charge in [-0.3, -0.25) is 4.79 Å². The Labute approximate surface area is 132 Å². The Kier molecular flexibility index (Phi) is 4.36. The molecule has 0 radical (unpaired) electrons. The average Bonchev–Trinajstić information content (AvgIpc) is 2.93. The van der Waals surface area contributed by atoms with Crippen LogP contribution in [0.2, 0.25) is 4.34 Å². The van der Waals surface area contributed by atoms with Crippen LogP contribution in [0.25, 0.3) is 0 Å². The zero-order chi connectivity index (χ0) is 14.7. The first-order valence-corrected chi connectivity index (χ1v) is 7.96. The van der Waals surface area contributed by atoms with Crippen molar-refractivity contribution in [1.82, 2.24) is 14.9 Å². The maximum absolute atomic E-state index is 12.3. The Morgan fingerprint density at radius 2 is 1.90 bits per heavy atom. The van der Waals surface area contributed by atoms with Crippen LogP contribution in [0.15, 0.2) is 30.6 Å². The summed E-state index contributed by atoms with van der Waals surface area (Å²) in [4.78, 5) is 25.8. The Balaban J connectivity index is 1.54. The number of carbonyl (C=O) groups excluding carboxylic acids is 1. The van der Waals surface area contributed by atoms with Crippen LogP contribution in [-0.2, 0) is 11.2 Å². The maximum Gasteiger partial charge on any atom is 0.227 e. The van der Waals surface area contributed by atoms with Crippen LogP contribution >= 0.6 is 22.9 Å². The van der Waals surface area contributed by atoms with Crippen molar-refractivity contribution in [3.63, 3.8) is 0 Å². The van der Waals surface area contributed by atoms with Gasteiger partial charge < -0.3 is 9.80 Å². The zero-order valence-corrected chi connectivity index (χ0v) is 13.0. The number of hydrogen-bond acceptors (Lipinski definition) is 5. The van der Waals surface area contributed by atoms with Gasteiger partial charge in [-0.2, -0.15) is 0 Å². The molecule has 0 unspecified atom stereocenters. The number of anilines is 1. The van der Waals surface area contributed by atoms with Crippen LogP contribution in [0, 0.1) is 0 Å². The van der Waals surface area contributed by atoms with E-state index in [4.69, 9.17) is 11.6 Å². The largest absolute Gasteiger partial charge is 0.339 e. The molecule has 2 aromatic rings. The minimum Gasteiger partial charge on any atom is -0.339 e. The fourth-order valence-corrected chi connectivity index (χ4v) is 3.40. The van der Waals surface area contributed by atoms with Gasteiger partial charge in [0, 0.05) is 43.4 Å². The van der Waals surface area contributed by atoms with Gasteiger partial charge in [0.2, 0.25) is 11.9 Å². The standard InChI is InChI=1S/C14H15ClN4OS/c15-12-3-2-11(21-12)10-13(20)18-6-8-19(9-7-18)14-16-4-1-5-17-14/h1-5H,6-10H2. The number of carbonyl (C=O) groups is 1. The fraction of sp³-hybridized carbons (Fsp3) is 0.357. The van der Waals surface area contributed by atoms with Gasteiger partial charge in [0.15, 0.2) is 0 Å². The molecule has 0 spiro atoms. The molecule has 1 saturated heterocycles. The summed E-state index contributed by atoms with van der Waals surface area (Å²) in [5, 5.41) is 0. The van der Waals surface area contributed by atoms with Crippen molar-refractivity contribution in [2.24, 2.45) is 0 Å². The van der Waals surface area contributed by atoms with Gasteiger partial charge in [0.1, 0.15) is 0 Å². The van der Waals surface area contributed by atoms with Gasteiger partial charge in [-0.25, -0.2) is 9.97 Å². The van der Waals surface area contributed by atoms with Crippen LogP contribution in [0.3, 0.4) is 0 Å². The molecule has 0 aromatic carbocycles. The Bertz CT molecular complexity index is 610. The van der Waals surface area contributed by atoms with Crippen LogP contribution < -0.4 is 4.90 Å². The smallest absolute Gasteiger partial charge is 0.227 e. The van der Waals surface area contributed by atoms with Crippen molar-refractivity contribution >= 4 is 34.8 Å². The summed E-state index contributed by atoms with van der Waals surface area (Å²) in [5.74, 6) is 0.886. The Hall–Kier alpha value is -1.66. The van der Waals surface area contributed by atoms with Gasteiger partial charge >= 0.3 is 0 Å². The third-order valence-electron chi connectivity index (χ3n) is 3.42. The van der Waals surface area contributed by atoms with E-state index >= 15 is 0 Å². The lowest BCUT2D eigenvalue weighted by molar-refractivity contribution is -0.130. The van der Waals surface area contributed by atoms with Crippen molar-refractivity contribution in [3.05, 3.63) is 39.8 Å². The van der Waals surface area contributed by atoms with Crippen LogP contribution in [0.5, 0.6) is 0 Å². The summed E-state index contributed by atoms with van der Waals surface area (Å²) >= 11 is 7.35. The van der Waals surface area contributed by atoms with E-state index in [1.165, 1.54) is 11.3 Å². The van der Waals surface area contributed by atoms with Crippen LogP contribution in [-0.4, -0.2) is 47.0 Å². The number of halogens is 1. The van der Waals surface area contributed by atoms with E-state index in [0.29, 0.717) is 19.5 Å². The van der Waals surface area contributed by atoms with Crippen molar-refractivity contribution < 1.29 is 4.79 Å². The Morgan fingerprint density at radius 1 is 1.19 bits per heavy atom. The molecule has 0 saturated carbocycles. The minimum absolute atomic E-state index is 0.155. The second kappa shape index (κ2) is 6.41. The molecule has 7 heteroatoms. The van der Waals surface area contributed by atoms with E-state index in [2.05, 4.69) is 14.9 Å². The Morgan fingerprint density at radius 3 is 2.52 bits per heavy atom. The molecule has 110 valence electrons. The topological polar surface area (TPSA) is 49.3 Å². The van der Waals surface area contributed by atoms with Gasteiger partial charge in [-0.1, -0.05) is 11.6 Å². The minimum atomic E-state index is 0.155. The molecule has 5 nitrogen and oxygen atoms in total. The van der Waals surface area contributed by atoms with Crippen LogP contribution in [0.1, 0.15) is 4.88 Å². The number of amides is 1. The highest BCUT2D eigenvalue weighted by Gasteiger charge is 2.22. The lowest BCUT2D eigenvalue weighted by Gasteiger charge is -2.34. The molecular formula is C14H15ClN4OS. The van der Waals surface area contributed by atoms with E-state index in [9.17, 15) is 4.79 Å². The van der Waals surface area contributed by atoms with Gasteiger partial charge in [-0.05, 0) is 18.2 Å². The van der Waals surface area contributed by atoms with Crippen molar-refractivity contribution in [1.29, 1.82) is 0 Å². The molecule has 0 N–H and O–H groups in total. The van der Waals surface area contributed by atoms with E-state index in [1.54, 1.807) is 18.5 Å². The predicted octanol–water partition coefficient (Wildman–Crippen LogP) is 2.08. The highest BCUT2D eigenvalue weighted by Crippen LogP contribution is 2.22. The average molecular weight is 323 g/mol. The van der Waals surface area contributed by atoms with E-state index in [-0.39, 0.29) is 5.91 Å².